The highest BCUT2D eigenvalue weighted by Crippen LogP contribution is 2.31. The second kappa shape index (κ2) is 9.13. The van der Waals surface area contributed by atoms with E-state index in [4.69, 9.17) is 11.6 Å². The number of carbonyl (C=O) groups excluding carboxylic acids is 1. The van der Waals surface area contributed by atoms with Crippen LogP contribution >= 0.6 is 23.4 Å². The Bertz CT molecular complexity index is 702. The Labute approximate surface area is 157 Å². The zero-order chi connectivity index (χ0) is 17.5. The maximum absolute atomic E-state index is 12.1. The number of urea groups is 1. The molecule has 132 valence electrons. The van der Waals surface area contributed by atoms with Gasteiger partial charge >= 0.3 is 6.03 Å². The molecule has 2 amide bonds. The lowest BCUT2D eigenvalue weighted by Crippen LogP contribution is -2.46. The molecular weight excluding hydrogens is 354 g/mol. The Morgan fingerprint density at radius 2 is 1.84 bits per heavy atom. The van der Waals surface area contributed by atoms with Crippen molar-refractivity contribution in [1.29, 1.82) is 0 Å². The third-order valence-corrected chi connectivity index (χ3v) is 5.51. The topological polar surface area (TPSA) is 53.2 Å². The molecular formula is C19H22ClN3OS. The Balaban J connectivity index is 1.56. The van der Waals surface area contributed by atoms with E-state index >= 15 is 0 Å². The Kier molecular flexibility index (Phi) is 6.62. The van der Waals surface area contributed by atoms with Gasteiger partial charge in [0.25, 0.3) is 0 Å². The molecule has 0 bridgehead atoms. The van der Waals surface area contributed by atoms with E-state index in [1.807, 2.05) is 42.5 Å². The molecule has 1 fully saturated rings. The first-order valence-corrected chi connectivity index (χ1v) is 9.66. The van der Waals surface area contributed by atoms with Gasteiger partial charge in [-0.15, -0.1) is 0 Å². The van der Waals surface area contributed by atoms with Gasteiger partial charge in [0.1, 0.15) is 0 Å². The van der Waals surface area contributed by atoms with E-state index in [1.54, 1.807) is 11.8 Å². The fourth-order valence-electron chi connectivity index (χ4n) is 2.76. The summed E-state index contributed by atoms with van der Waals surface area (Å²) < 4.78 is 0. The Hall–Kier alpha value is -1.69. The predicted octanol–water partition coefficient (Wildman–Crippen LogP) is 4.04. The van der Waals surface area contributed by atoms with Crippen molar-refractivity contribution in [3.8, 4) is 0 Å². The maximum atomic E-state index is 12.1. The average molecular weight is 376 g/mol. The van der Waals surface area contributed by atoms with Gasteiger partial charge in [0, 0.05) is 27.4 Å². The number of carbonyl (C=O) groups is 1. The van der Waals surface area contributed by atoms with Crippen LogP contribution in [0.3, 0.4) is 0 Å². The fraction of sp³-hybridized carbons (Fsp3) is 0.316. The van der Waals surface area contributed by atoms with E-state index in [0.717, 1.165) is 46.3 Å². The SMILES string of the molecule is O=C(NCc1ccccc1Sc1ccc(Cl)cc1)NC1CCNCC1. The number of hydrogen-bond acceptors (Lipinski definition) is 3. The molecule has 0 aromatic heterocycles. The quantitative estimate of drug-likeness (QED) is 0.739. The molecule has 3 rings (SSSR count). The number of nitrogens with one attached hydrogen (secondary N) is 3. The first kappa shape index (κ1) is 18.1. The highest BCUT2D eigenvalue weighted by molar-refractivity contribution is 7.99. The highest BCUT2D eigenvalue weighted by atomic mass is 35.5. The number of benzene rings is 2. The molecule has 0 aliphatic carbocycles. The third kappa shape index (κ3) is 5.66. The number of piperidine rings is 1. The van der Waals surface area contributed by atoms with Crippen molar-refractivity contribution in [3.63, 3.8) is 0 Å². The van der Waals surface area contributed by atoms with Crippen molar-refractivity contribution < 1.29 is 4.79 Å². The van der Waals surface area contributed by atoms with Gasteiger partial charge in [0.15, 0.2) is 0 Å². The molecule has 2 aromatic rings. The molecule has 0 spiro atoms. The van der Waals surface area contributed by atoms with Crippen LogP contribution in [0.5, 0.6) is 0 Å². The summed E-state index contributed by atoms with van der Waals surface area (Å²) in [6.07, 6.45) is 1.97. The molecule has 0 unspecified atom stereocenters. The largest absolute Gasteiger partial charge is 0.335 e. The summed E-state index contributed by atoms with van der Waals surface area (Å²) in [6, 6.07) is 16.1. The van der Waals surface area contributed by atoms with E-state index in [-0.39, 0.29) is 12.1 Å². The highest BCUT2D eigenvalue weighted by Gasteiger charge is 2.15. The minimum Gasteiger partial charge on any atom is -0.335 e. The van der Waals surface area contributed by atoms with Crippen LogP contribution in [0.1, 0.15) is 18.4 Å². The first-order valence-electron chi connectivity index (χ1n) is 8.47. The van der Waals surface area contributed by atoms with Crippen molar-refractivity contribution in [2.45, 2.75) is 35.2 Å². The summed E-state index contributed by atoms with van der Waals surface area (Å²) in [6.45, 7) is 2.44. The predicted molar refractivity (Wildman–Crippen MR) is 103 cm³/mol. The molecule has 1 heterocycles. The van der Waals surface area contributed by atoms with Crippen LogP contribution < -0.4 is 16.0 Å². The molecule has 3 N–H and O–H groups in total. The number of hydrogen-bond donors (Lipinski definition) is 3. The van der Waals surface area contributed by atoms with Crippen molar-refractivity contribution in [2.24, 2.45) is 0 Å². The molecule has 1 saturated heterocycles. The molecule has 0 radical (unpaired) electrons. The molecule has 0 atom stereocenters. The van der Waals surface area contributed by atoms with Gasteiger partial charge in [-0.25, -0.2) is 4.79 Å². The van der Waals surface area contributed by atoms with Gasteiger partial charge < -0.3 is 16.0 Å². The van der Waals surface area contributed by atoms with Crippen molar-refractivity contribution in [3.05, 3.63) is 59.1 Å². The fourth-order valence-corrected chi connectivity index (χ4v) is 3.83. The Morgan fingerprint density at radius 3 is 2.60 bits per heavy atom. The van der Waals surface area contributed by atoms with Crippen LogP contribution in [0.25, 0.3) is 0 Å². The minimum atomic E-state index is -0.0989. The molecule has 6 heteroatoms. The third-order valence-electron chi connectivity index (χ3n) is 4.13. The van der Waals surface area contributed by atoms with E-state index in [0.29, 0.717) is 6.54 Å². The van der Waals surface area contributed by atoms with Crippen LogP contribution in [0.15, 0.2) is 58.3 Å². The van der Waals surface area contributed by atoms with E-state index < -0.39 is 0 Å². The normalized spacial score (nSPS) is 14.9. The van der Waals surface area contributed by atoms with E-state index in [2.05, 4.69) is 22.0 Å². The van der Waals surface area contributed by atoms with Crippen molar-refractivity contribution >= 4 is 29.4 Å². The summed E-state index contributed by atoms with van der Waals surface area (Å²) in [5.41, 5.74) is 1.10. The van der Waals surface area contributed by atoms with Crippen LogP contribution in [0.2, 0.25) is 5.02 Å². The van der Waals surface area contributed by atoms with Gasteiger partial charge in [-0.2, -0.15) is 0 Å². The smallest absolute Gasteiger partial charge is 0.315 e. The average Bonchev–Trinajstić information content (AvgIpc) is 2.64. The van der Waals surface area contributed by atoms with Gasteiger partial charge in [-0.1, -0.05) is 41.6 Å². The van der Waals surface area contributed by atoms with Crippen LogP contribution in [0, 0.1) is 0 Å². The number of halogens is 1. The second-order valence-electron chi connectivity index (χ2n) is 6.01. The minimum absolute atomic E-state index is 0.0989. The summed E-state index contributed by atoms with van der Waals surface area (Å²) in [7, 11) is 0. The first-order chi connectivity index (χ1) is 12.2. The standard InChI is InChI=1S/C19H22ClN3OS/c20-15-5-7-17(8-6-15)25-18-4-2-1-3-14(18)13-22-19(24)23-16-9-11-21-12-10-16/h1-8,16,21H,9-13H2,(H2,22,23,24). The lowest BCUT2D eigenvalue weighted by Gasteiger charge is -2.23. The van der Waals surface area contributed by atoms with Gasteiger partial charge in [0.2, 0.25) is 0 Å². The van der Waals surface area contributed by atoms with Gasteiger partial charge in [-0.05, 0) is 61.8 Å². The van der Waals surface area contributed by atoms with Crippen LogP contribution in [0.4, 0.5) is 4.79 Å². The monoisotopic (exact) mass is 375 g/mol. The molecule has 2 aromatic carbocycles. The Morgan fingerprint density at radius 1 is 1.12 bits per heavy atom. The lowest BCUT2D eigenvalue weighted by atomic mass is 10.1. The van der Waals surface area contributed by atoms with Gasteiger partial charge in [0.05, 0.1) is 0 Å². The van der Waals surface area contributed by atoms with Crippen molar-refractivity contribution in [1.82, 2.24) is 16.0 Å². The summed E-state index contributed by atoms with van der Waals surface area (Å²) in [4.78, 5) is 14.4. The molecule has 0 saturated carbocycles. The van der Waals surface area contributed by atoms with Gasteiger partial charge in [-0.3, -0.25) is 0 Å². The number of rotatable bonds is 5. The number of amides is 2. The summed E-state index contributed by atoms with van der Waals surface area (Å²) in [5.74, 6) is 0. The van der Waals surface area contributed by atoms with Crippen molar-refractivity contribution in [2.75, 3.05) is 13.1 Å². The van der Waals surface area contributed by atoms with Crippen LogP contribution in [-0.2, 0) is 6.54 Å². The lowest BCUT2D eigenvalue weighted by molar-refractivity contribution is 0.233. The zero-order valence-corrected chi connectivity index (χ0v) is 15.5. The molecule has 1 aliphatic heterocycles. The molecule has 1 aliphatic rings. The van der Waals surface area contributed by atoms with E-state index in [1.165, 1.54) is 0 Å². The molecule has 4 nitrogen and oxygen atoms in total. The van der Waals surface area contributed by atoms with E-state index in [9.17, 15) is 4.79 Å². The zero-order valence-electron chi connectivity index (χ0n) is 13.9. The maximum Gasteiger partial charge on any atom is 0.315 e. The van der Waals surface area contributed by atoms with Crippen LogP contribution in [-0.4, -0.2) is 25.2 Å². The second-order valence-corrected chi connectivity index (χ2v) is 7.57. The summed E-state index contributed by atoms with van der Waals surface area (Å²) >= 11 is 7.61. The summed E-state index contributed by atoms with van der Waals surface area (Å²) in [5, 5.41) is 10.1. The molecule has 25 heavy (non-hydrogen) atoms.